The van der Waals surface area contributed by atoms with Gasteiger partial charge in [0.25, 0.3) is 0 Å². The summed E-state index contributed by atoms with van der Waals surface area (Å²) >= 11 is 0. The standard InChI is InChI=1S/C11H14O2/c1-2-10(12)8-11(13)9-6-4-3-5-7-9/h3-7,11,13H,2,8H2,1H3/t11-/m0/s1. The Morgan fingerprint density at radius 3 is 2.54 bits per heavy atom. The number of Topliss-reactive ketones (excluding diaryl/α,β-unsaturated/α-hetero) is 1. The summed E-state index contributed by atoms with van der Waals surface area (Å²) in [5.41, 5.74) is 0.810. The van der Waals surface area contributed by atoms with E-state index in [0.29, 0.717) is 6.42 Å². The number of carbonyl (C=O) groups excluding carboxylic acids is 1. The highest BCUT2D eigenvalue weighted by molar-refractivity contribution is 5.78. The average Bonchev–Trinajstić information content (AvgIpc) is 2.19. The van der Waals surface area contributed by atoms with Crippen molar-refractivity contribution in [3.05, 3.63) is 35.9 Å². The van der Waals surface area contributed by atoms with Gasteiger partial charge in [-0.3, -0.25) is 4.79 Å². The van der Waals surface area contributed by atoms with Gasteiger partial charge in [-0.2, -0.15) is 0 Å². The first kappa shape index (κ1) is 9.93. The quantitative estimate of drug-likeness (QED) is 0.766. The van der Waals surface area contributed by atoms with Crippen molar-refractivity contribution in [2.75, 3.05) is 0 Å². The summed E-state index contributed by atoms with van der Waals surface area (Å²) < 4.78 is 0. The fraction of sp³-hybridized carbons (Fsp3) is 0.364. The summed E-state index contributed by atoms with van der Waals surface area (Å²) in [5.74, 6) is 0.0938. The Morgan fingerprint density at radius 1 is 1.38 bits per heavy atom. The van der Waals surface area contributed by atoms with Crippen LogP contribution in [0, 0.1) is 0 Å². The molecule has 1 aromatic carbocycles. The summed E-state index contributed by atoms with van der Waals surface area (Å²) in [6.45, 7) is 1.81. The SMILES string of the molecule is CCC(=O)C[C@H](O)c1ccccc1. The van der Waals surface area contributed by atoms with Gasteiger partial charge in [0, 0.05) is 12.8 Å². The molecule has 1 aromatic rings. The van der Waals surface area contributed by atoms with Crippen LogP contribution >= 0.6 is 0 Å². The van der Waals surface area contributed by atoms with Crippen molar-refractivity contribution >= 4 is 5.78 Å². The zero-order valence-corrected chi connectivity index (χ0v) is 7.73. The first-order chi connectivity index (χ1) is 6.24. The van der Waals surface area contributed by atoms with Crippen molar-refractivity contribution in [1.82, 2.24) is 0 Å². The molecule has 0 amide bonds. The largest absolute Gasteiger partial charge is 0.388 e. The van der Waals surface area contributed by atoms with Gasteiger partial charge in [0.2, 0.25) is 0 Å². The number of ketones is 1. The molecule has 0 aromatic heterocycles. The van der Waals surface area contributed by atoms with E-state index in [1.165, 1.54) is 0 Å². The lowest BCUT2D eigenvalue weighted by molar-refractivity contribution is -0.120. The Bertz CT molecular complexity index is 267. The molecular weight excluding hydrogens is 164 g/mol. The lowest BCUT2D eigenvalue weighted by Crippen LogP contribution is -2.04. The van der Waals surface area contributed by atoms with Crippen LogP contribution in [0.5, 0.6) is 0 Å². The van der Waals surface area contributed by atoms with Crippen LogP contribution in [0.2, 0.25) is 0 Å². The van der Waals surface area contributed by atoms with Crippen molar-refractivity contribution in [1.29, 1.82) is 0 Å². The van der Waals surface area contributed by atoms with Crippen LogP contribution < -0.4 is 0 Å². The van der Waals surface area contributed by atoms with Gasteiger partial charge >= 0.3 is 0 Å². The number of aliphatic hydroxyl groups is 1. The fourth-order valence-corrected chi connectivity index (χ4v) is 1.15. The number of aliphatic hydroxyl groups excluding tert-OH is 1. The van der Waals surface area contributed by atoms with Crippen LogP contribution in [-0.4, -0.2) is 10.9 Å². The van der Waals surface area contributed by atoms with E-state index in [-0.39, 0.29) is 12.2 Å². The van der Waals surface area contributed by atoms with E-state index in [2.05, 4.69) is 0 Å². The third-order valence-corrected chi connectivity index (χ3v) is 2.00. The highest BCUT2D eigenvalue weighted by atomic mass is 16.3. The van der Waals surface area contributed by atoms with E-state index < -0.39 is 6.10 Å². The molecule has 0 saturated heterocycles. The molecule has 1 atom stereocenters. The molecule has 13 heavy (non-hydrogen) atoms. The highest BCUT2D eigenvalue weighted by Crippen LogP contribution is 2.16. The van der Waals surface area contributed by atoms with E-state index in [1.54, 1.807) is 6.92 Å². The van der Waals surface area contributed by atoms with Gasteiger partial charge in [0.05, 0.1) is 6.10 Å². The number of rotatable bonds is 4. The molecule has 0 aliphatic rings. The van der Waals surface area contributed by atoms with E-state index in [4.69, 9.17) is 0 Å². The summed E-state index contributed by atoms with van der Waals surface area (Å²) in [6.07, 6.45) is 0.0679. The van der Waals surface area contributed by atoms with Crippen molar-refractivity contribution in [3.63, 3.8) is 0 Å². The van der Waals surface area contributed by atoms with Crippen molar-refractivity contribution in [2.45, 2.75) is 25.9 Å². The topological polar surface area (TPSA) is 37.3 Å². The van der Waals surface area contributed by atoms with Gasteiger partial charge in [-0.15, -0.1) is 0 Å². The predicted molar refractivity (Wildman–Crippen MR) is 51.3 cm³/mol. The molecule has 0 heterocycles. The summed E-state index contributed by atoms with van der Waals surface area (Å²) in [6, 6.07) is 9.25. The monoisotopic (exact) mass is 178 g/mol. The Balaban J connectivity index is 2.59. The van der Waals surface area contributed by atoms with Gasteiger partial charge in [-0.05, 0) is 5.56 Å². The second kappa shape index (κ2) is 4.77. The fourth-order valence-electron chi connectivity index (χ4n) is 1.15. The molecule has 0 spiro atoms. The second-order valence-electron chi connectivity index (χ2n) is 3.02. The highest BCUT2D eigenvalue weighted by Gasteiger charge is 2.10. The summed E-state index contributed by atoms with van der Waals surface area (Å²) in [7, 11) is 0. The predicted octanol–water partition coefficient (Wildman–Crippen LogP) is 2.09. The minimum atomic E-state index is -0.645. The normalized spacial score (nSPS) is 12.5. The molecule has 1 rings (SSSR count). The maximum Gasteiger partial charge on any atom is 0.135 e. The molecule has 70 valence electrons. The number of carbonyl (C=O) groups is 1. The van der Waals surface area contributed by atoms with Crippen LogP contribution in [-0.2, 0) is 4.79 Å². The van der Waals surface area contributed by atoms with Crippen LogP contribution in [0.4, 0.5) is 0 Å². The number of benzene rings is 1. The average molecular weight is 178 g/mol. The summed E-state index contributed by atoms with van der Waals surface area (Å²) in [5, 5.41) is 9.60. The third-order valence-electron chi connectivity index (χ3n) is 2.00. The number of hydrogen-bond donors (Lipinski definition) is 1. The number of hydrogen-bond acceptors (Lipinski definition) is 2. The minimum Gasteiger partial charge on any atom is -0.388 e. The molecule has 0 aliphatic carbocycles. The van der Waals surface area contributed by atoms with Gasteiger partial charge in [-0.1, -0.05) is 37.3 Å². The van der Waals surface area contributed by atoms with Crippen molar-refractivity contribution < 1.29 is 9.90 Å². The smallest absolute Gasteiger partial charge is 0.135 e. The van der Waals surface area contributed by atoms with Gasteiger partial charge in [0.1, 0.15) is 5.78 Å². The molecule has 2 heteroatoms. The summed E-state index contributed by atoms with van der Waals surface area (Å²) in [4.78, 5) is 11.0. The third kappa shape index (κ3) is 2.99. The van der Waals surface area contributed by atoms with Crippen molar-refractivity contribution in [2.24, 2.45) is 0 Å². The Morgan fingerprint density at radius 2 is 2.00 bits per heavy atom. The van der Waals surface area contributed by atoms with E-state index in [9.17, 15) is 9.90 Å². The van der Waals surface area contributed by atoms with Gasteiger partial charge in [0.15, 0.2) is 0 Å². The Hall–Kier alpha value is -1.15. The minimum absolute atomic E-state index is 0.0938. The Kier molecular flexibility index (Phi) is 3.65. The van der Waals surface area contributed by atoms with Crippen LogP contribution in [0.3, 0.4) is 0 Å². The van der Waals surface area contributed by atoms with E-state index >= 15 is 0 Å². The zero-order chi connectivity index (χ0) is 9.68. The van der Waals surface area contributed by atoms with E-state index in [1.807, 2.05) is 30.3 Å². The molecule has 0 aliphatic heterocycles. The molecule has 0 radical (unpaired) electrons. The second-order valence-corrected chi connectivity index (χ2v) is 3.02. The molecule has 0 bridgehead atoms. The van der Waals surface area contributed by atoms with Gasteiger partial charge < -0.3 is 5.11 Å². The van der Waals surface area contributed by atoms with Crippen LogP contribution in [0.25, 0.3) is 0 Å². The first-order valence-corrected chi connectivity index (χ1v) is 4.48. The molecule has 0 unspecified atom stereocenters. The molecule has 2 nitrogen and oxygen atoms in total. The molecule has 1 N–H and O–H groups in total. The molecule has 0 saturated carbocycles. The van der Waals surface area contributed by atoms with Crippen molar-refractivity contribution in [3.8, 4) is 0 Å². The lowest BCUT2D eigenvalue weighted by atomic mass is 10.0. The molecular formula is C11H14O2. The maximum atomic E-state index is 11.0. The zero-order valence-electron chi connectivity index (χ0n) is 7.73. The molecule has 0 fully saturated rings. The van der Waals surface area contributed by atoms with Crippen LogP contribution in [0.1, 0.15) is 31.4 Å². The maximum absolute atomic E-state index is 11.0. The Labute approximate surface area is 78.2 Å². The van der Waals surface area contributed by atoms with Crippen LogP contribution in [0.15, 0.2) is 30.3 Å². The first-order valence-electron chi connectivity index (χ1n) is 4.48. The van der Waals surface area contributed by atoms with E-state index in [0.717, 1.165) is 5.56 Å². The van der Waals surface area contributed by atoms with Gasteiger partial charge in [-0.25, -0.2) is 0 Å². The lowest BCUT2D eigenvalue weighted by Gasteiger charge is -2.08.